The molecule has 1 aromatic heterocycles. The largest absolute Gasteiger partial charge is 0.398 e. The smallest absolute Gasteiger partial charge is 0.239 e. The van der Waals surface area contributed by atoms with Crippen molar-refractivity contribution in [3.8, 4) is 0 Å². The van der Waals surface area contributed by atoms with Gasteiger partial charge in [-0.25, -0.2) is 0 Å². The average molecular weight is 272 g/mol. The highest BCUT2D eigenvalue weighted by Crippen LogP contribution is 2.30. The number of pyridine rings is 1. The monoisotopic (exact) mass is 272 g/mol. The molecule has 0 aliphatic heterocycles. The van der Waals surface area contributed by atoms with Crippen LogP contribution in [-0.4, -0.2) is 30.5 Å². The second-order valence-corrected chi connectivity index (χ2v) is 4.56. The number of hydrogen-bond acceptors (Lipinski definition) is 4. The summed E-state index contributed by atoms with van der Waals surface area (Å²) < 4.78 is 0. The number of rotatable bonds is 5. The molecular weight excluding hydrogens is 252 g/mol. The van der Waals surface area contributed by atoms with E-state index in [1.54, 1.807) is 12.4 Å². The minimum Gasteiger partial charge on any atom is -0.398 e. The molecule has 0 bridgehead atoms. The van der Waals surface area contributed by atoms with E-state index < -0.39 is 0 Å². The van der Waals surface area contributed by atoms with E-state index >= 15 is 0 Å². The van der Waals surface area contributed by atoms with Crippen LogP contribution in [0.1, 0.15) is 13.8 Å². The summed E-state index contributed by atoms with van der Waals surface area (Å²) in [5.41, 5.74) is 7.68. The van der Waals surface area contributed by atoms with Gasteiger partial charge < -0.3 is 16.0 Å². The van der Waals surface area contributed by atoms with E-state index in [9.17, 15) is 4.79 Å². The summed E-state index contributed by atoms with van der Waals surface area (Å²) in [6.07, 6.45) is 3.50. The molecule has 1 amide bonds. The molecule has 0 unspecified atom stereocenters. The van der Waals surface area contributed by atoms with Crippen molar-refractivity contribution in [2.75, 3.05) is 30.3 Å². The molecule has 0 saturated heterocycles. The van der Waals surface area contributed by atoms with Crippen molar-refractivity contribution in [2.24, 2.45) is 0 Å². The molecule has 0 radical (unpaired) electrons. The molecule has 106 valence electrons. The maximum Gasteiger partial charge on any atom is 0.239 e. The fourth-order valence-electron chi connectivity index (χ4n) is 2.27. The predicted octanol–water partition coefficient (Wildman–Crippen LogP) is 1.78. The number of nitrogens with zero attached hydrogens (tertiary/aromatic N) is 2. The van der Waals surface area contributed by atoms with Gasteiger partial charge >= 0.3 is 0 Å². The molecular formula is C15H20N4O. The first-order chi connectivity index (χ1) is 9.67. The molecule has 2 aromatic rings. The van der Waals surface area contributed by atoms with Gasteiger partial charge in [0.25, 0.3) is 0 Å². The first kappa shape index (κ1) is 14.1. The van der Waals surface area contributed by atoms with Crippen molar-refractivity contribution in [1.29, 1.82) is 0 Å². The van der Waals surface area contributed by atoms with Crippen LogP contribution in [0.2, 0.25) is 0 Å². The summed E-state index contributed by atoms with van der Waals surface area (Å²) in [7, 11) is 0. The fourth-order valence-corrected chi connectivity index (χ4v) is 2.27. The number of nitrogen functional groups attached to an aromatic ring is 1. The molecule has 0 fully saturated rings. The van der Waals surface area contributed by atoms with Crippen molar-refractivity contribution < 1.29 is 4.79 Å². The van der Waals surface area contributed by atoms with Gasteiger partial charge in [0.15, 0.2) is 0 Å². The third-order valence-corrected chi connectivity index (χ3v) is 3.26. The van der Waals surface area contributed by atoms with E-state index in [1.807, 2.05) is 36.9 Å². The molecule has 5 nitrogen and oxygen atoms in total. The zero-order chi connectivity index (χ0) is 14.5. The van der Waals surface area contributed by atoms with Crippen molar-refractivity contribution in [3.63, 3.8) is 0 Å². The molecule has 0 spiro atoms. The maximum absolute atomic E-state index is 11.8. The van der Waals surface area contributed by atoms with E-state index in [0.717, 1.165) is 23.0 Å². The summed E-state index contributed by atoms with van der Waals surface area (Å²) in [4.78, 5) is 17.9. The van der Waals surface area contributed by atoms with Gasteiger partial charge in [0.05, 0.1) is 6.54 Å². The minimum absolute atomic E-state index is 0.0216. The Labute approximate surface area is 118 Å². The second-order valence-electron chi connectivity index (χ2n) is 4.56. The molecule has 0 aliphatic carbocycles. The number of carbonyl (C=O) groups excluding carboxylic acids is 1. The first-order valence-electron chi connectivity index (χ1n) is 6.81. The Kier molecular flexibility index (Phi) is 4.40. The Morgan fingerprint density at radius 3 is 2.80 bits per heavy atom. The lowest BCUT2D eigenvalue weighted by atomic mass is 10.1. The van der Waals surface area contributed by atoms with Crippen LogP contribution in [0, 0.1) is 0 Å². The van der Waals surface area contributed by atoms with Gasteiger partial charge in [-0.05, 0) is 32.0 Å². The van der Waals surface area contributed by atoms with Gasteiger partial charge in [0.1, 0.15) is 0 Å². The van der Waals surface area contributed by atoms with E-state index in [2.05, 4.69) is 10.3 Å². The number of nitrogens with two attached hydrogens (primary N) is 1. The second kappa shape index (κ2) is 6.23. The van der Waals surface area contributed by atoms with Crippen LogP contribution < -0.4 is 16.0 Å². The number of amides is 1. The summed E-state index contributed by atoms with van der Waals surface area (Å²) in [5.74, 6) is 0.0216. The summed E-state index contributed by atoms with van der Waals surface area (Å²) in [6, 6.07) is 5.75. The molecule has 0 atom stereocenters. The average Bonchev–Trinajstić information content (AvgIpc) is 2.46. The Morgan fingerprint density at radius 2 is 2.10 bits per heavy atom. The quantitative estimate of drug-likeness (QED) is 0.814. The van der Waals surface area contributed by atoms with Crippen LogP contribution in [0.25, 0.3) is 10.8 Å². The number of aromatic nitrogens is 1. The van der Waals surface area contributed by atoms with E-state index in [1.165, 1.54) is 0 Å². The summed E-state index contributed by atoms with van der Waals surface area (Å²) >= 11 is 0. The standard InChI is InChI=1S/C15H20N4O/c1-3-18-15(20)10-19(4-2)14-6-5-13(16)12-9-17-8-7-11(12)14/h5-9H,3-4,10,16H2,1-2H3,(H,18,20). The van der Waals surface area contributed by atoms with Crippen molar-refractivity contribution in [3.05, 3.63) is 30.6 Å². The number of anilines is 2. The zero-order valence-corrected chi connectivity index (χ0v) is 11.9. The lowest BCUT2D eigenvalue weighted by molar-refractivity contribution is -0.119. The number of hydrogen-bond donors (Lipinski definition) is 2. The van der Waals surface area contributed by atoms with Crippen molar-refractivity contribution in [1.82, 2.24) is 10.3 Å². The van der Waals surface area contributed by atoms with Gasteiger partial charge in [0.2, 0.25) is 5.91 Å². The number of nitrogens with one attached hydrogen (secondary N) is 1. The predicted molar refractivity (Wildman–Crippen MR) is 82.7 cm³/mol. The summed E-state index contributed by atoms with van der Waals surface area (Å²) in [6.45, 7) is 5.67. The highest BCUT2D eigenvalue weighted by Gasteiger charge is 2.13. The number of likely N-dealkylation sites (N-methyl/N-ethyl adjacent to an activating group) is 2. The van der Waals surface area contributed by atoms with E-state index in [0.29, 0.717) is 18.8 Å². The van der Waals surface area contributed by atoms with Gasteiger partial charge in [-0.1, -0.05) is 0 Å². The Morgan fingerprint density at radius 1 is 1.30 bits per heavy atom. The summed E-state index contributed by atoms with van der Waals surface area (Å²) in [5, 5.41) is 4.76. The third-order valence-electron chi connectivity index (χ3n) is 3.26. The van der Waals surface area contributed by atoms with Crippen molar-refractivity contribution in [2.45, 2.75) is 13.8 Å². The van der Waals surface area contributed by atoms with Crippen LogP contribution in [0.15, 0.2) is 30.6 Å². The van der Waals surface area contributed by atoms with Gasteiger partial charge in [-0.2, -0.15) is 0 Å². The van der Waals surface area contributed by atoms with E-state index in [4.69, 9.17) is 5.73 Å². The van der Waals surface area contributed by atoms with Crippen LogP contribution in [0.5, 0.6) is 0 Å². The van der Waals surface area contributed by atoms with Gasteiger partial charge in [-0.15, -0.1) is 0 Å². The topological polar surface area (TPSA) is 71.2 Å². The van der Waals surface area contributed by atoms with Gasteiger partial charge in [0, 0.05) is 47.6 Å². The molecule has 1 heterocycles. The Hall–Kier alpha value is -2.30. The van der Waals surface area contributed by atoms with Crippen LogP contribution in [0.4, 0.5) is 11.4 Å². The molecule has 20 heavy (non-hydrogen) atoms. The Bertz CT molecular complexity index is 612. The fraction of sp³-hybridized carbons (Fsp3) is 0.333. The van der Waals surface area contributed by atoms with Crippen LogP contribution in [0.3, 0.4) is 0 Å². The van der Waals surface area contributed by atoms with Crippen molar-refractivity contribution >= 4 is 28.1 Å². The molecule has 3 N–H and O–H groups in total. The zero-order valence-electron chi connectivity index (χ0n) is 11.9. The molecule has 5 heteroatoms. The SMILES string of the molecule is CCNC(=O)CN(CC)c1ccc(N)c2cnccc12. The minimum atomic E-state index is 0.0216. The molecule has 0 saturated carbocycles. The molecule has 0 aliphatic rings. The normalized spacial score (nSPS) is 10.5. The highest BCUT2D eigenvalue weighted by molar-refractivity contribution is 6.01. The molecule has 1 aromatic carbocycles. The Balaban J connectivity index is 2.40. The lowest BCUT2D eigenvalue weighted by Crippen LogP contribution is -2.37. The van der Waals surface area contributed by atoms with Gasteiger partial charge in [-0.3, -0.25) is 9.78 Å². The molecule has 2 rings (SSSR count). The van der Waals surface area contributed by atoms with Crippen LogP contribution in [-0.2, 0) is 4.79 Å². The highest BCUT2D eigenvalue weighted by atomic mass is 16.2. The van der Waals surface area contributed by atoms with E-state index in [-0.39, 0.29) is 5.91 Å². The van der Waals surface area contributed by atoms with Crippen LogP contribution >= 0.6 is 0 Å². The maximum atomic E-state index is 11.8. The first-order valence-corrected chi connectivity index (χ1v) is 6.81. The number of fused-ring (bicyclic) bond motifs is 1. The number of benzene rings is 1. The number of carbonyl (C=O) groups is 1. The lowest BCUT2D eigenvalue weighted by Gasteiger charge is -2.24. The third kappa shape index (κ3) is 2.82.